The molecule has 8 rings (SSSR count). The van der Waals surface area contributed by atoms with Gasteiger partial charge in [-0.3, -0.25) is 0 Å². The third kappa shape index (κ3) is 4.05. The third-order valence-electron chi connectivity index (χ3n) is 7.53. The van der Waals surface area contributed by atoms with E-state index in [1.165, 1.54) is 0 Å². The highest BCUT2D eigenvalue weighted by Gasteiger charge is 2.16. The average molecular weight is 526 g/mol. The second kappa shape index (κ2) is 9.54. The van der Waals surface area contributed by atoms with Crippen LogP contribution in [0.25, 0.3) is 78.0 Å². The maximum Gasteiger partial charge on any atom is 0.164 e. The Bertz CT molecular complexity index is 2140. The molecule has 0 saturated heterocycles. The lowest BCUT2D eigenvalue weighted by Gasteiger charge is -2.12. The number of hydrogen-bond donors (Lipinski definition) is 0. The maximum atomic E-state index is 6.20. The van der Waals surface area contributed by atoms with Crippen LogP contribution in [-0.4, -0.2) is 15.0 Å². The number of benzene rings is 6. The van der Waals surface area contributed by atoms with Crippen LogP contribution in [0, 0.1) is 0 Å². The maximum absolute atomic E-state index is 6.20. The van der Waals surface area contributed by atoms with Gasteiger partial charge in [0.05, 0.1) is 0 Å². The van der Waals surface area contributed by atoms with Gasteiger partial charge in [0, 0.05) is 27.5 Å². The lowest BCUT2D eigenvalue weighted by Crippen LogP contribution is -2.00. The largest absolute Gasteiger partial charge is 0.456 e. The molecule has 2 aromatic heterocycles. The molecule has 6 aromatic carbocycles. The van der Waals surface area contributed by atoms with Gasteiger partial charge in [-0.1, -0.05) is 121 Å². The van der Waals surface area contributed by atoms with Crippen LogP contribution in [0.4, 0.5) is 0 Å². The van der Waals surface area contributed by atoms with Crippen molar-refractivity contribution in [2.24, 2.45) is 0 Å². The van der Waals surface area contributed by atoms with Gasteiger partial charge in [-0.2, -0.15) is 0 Å². The molecule has 192 valence electrons. The Morgan fingerprint density at radius 2 is 0.976 bits per heavy atom. The van der Waals surface area contributed by atoms with Gasteiger partial charge in [0.25, 0.3) is 0 Å². The summed E-state index contributed by atoms with van der Waals surface area (Å²) in [7, 11) is 0. The molecule has 8 aromatic rings. The topological polar surface area (TPSA) is 51.8 Å². The zero-order valence-corrected chi connectivity index (χ0v) is 22.0. The van der Waals surface area contributed by atoms with E-state index in [-0.39, 0.29) is 0 Å². The molecule has 4 heteroatoms. The number of para-hydroxylation sites is 1. The van der Waals surface area contributed by atoms with Crippen LogP contribution in [0.5, 0.6) is 0 Å². The Balaban J connectivity index is 1.35. The molecule has 0 fully saturated rings. The molecule has 0 radical (unpaired) electrons. The SMILES string of the molecule is c1ccc(-c2nc(-c3ccccc3)nc(-c3ccc4cccc(-c5cccc6oc7ccccc7c56)c4c3)n2)cc1. The van der Waals surface area contributed by atoms with Gasteiger partial charge < -0.3 is 4.42 Å². The first-order valence-corrected chi connectivity index (χ1v) is 13.6. The Morgan fingerprint density at radius 1 is 0.390 bits per heavy atom. The van der Waals surface area contributed by atoms with Crippen LogP contribution in [0.15, 0.2) is 144 Å². The predicted octanol–water partition coefficient (Wildman–Crippen LogP) is 9.59. The highest BCUT2D eigenvalue weighted by molar-refractivity contribution is 6.15. The van der Waals surface area contributed by atoms with E-state index in [0.717, 1.165) is 60.5 Å². The lowest BCUT2D eigenvalue weighted by molar-refractivity contribution is 0.669. The first kappa shape index (κ1) is 23.3. The van der Waals surface area contributed by atoms with E-state index in [1.54, 1.807) is 0 Å². The van der Waals surface area contributed by atoms with E-state index in [0.29, 0.717) is 17.5 Å². The molecule has 0 spiro atoms. The summed E-state index contributed by atoms with van der Waals surface area (Å²) < 4.78 is 6.20. The third-order valence-corrected chi connectivity index (χ3v) is 7.53. The van der Waals surface area contributed by atoms with Crippen molar-refractivity contribution in [2.75, 3.05) is 0 Å². The zero-order chi connectivity index (χ0) is 27.2. The lowest BCUT2D eigenvalue weighted by atomic mass is 9.93. The second-order valence-corrected chi connectivity index (χ2v) is 10.1. The molecule has 4 nitrogen and oxygen atoms in total. The van der Waals surface area contributed by atoms with Gasteiger partial charge in [-0.25, -0.2) is 15.0 Å². The predicted molar refractivity (Wildman–Crippen MR) is 166 cm³/mol. The van der Waals surface area contributed by atoms with Crippen molar-refractivity contribution in [3.05, 3.63) is 140 Å². The van der Waals surface area contributed by atoms with Crippen molar-refractivity contribution < 1.29 is 4.42 Å². The molecular formula is C37H23N3O. The molecule has 0 N–H and O–H groups in total. The fourth-order valence-electron chi connectivity index (χ4n) is 5.58. The average Bonchev–Trinajstić information content (AvgIpc) is 3.44. The van der Waals surface area contributed by atoms with Gasteiger partial charge in [0.2, 0.25) is 0 Å². The summed E-state index contributed by atoms with van der Waals surface area (Å²) >= 11 is 0. The van der Waals surface area contributed by atoms with Gasteiger partial charge in [-0.05, 0) is 40.1 Å². The van der Waals surface area contributed by atoms with Gasteiger partial charge in [-0.15, -0.1) is 0 Å². The van der Waals surface area contributed by atoms with E-state index < -0.39 is 0 Å². The van der Waals surface area contributed by atoms with Crippen LogP contribution >= 0.6 is 0 Å². The van der Waals surface area contributed by atoms with Crippen molar-refractivity contribution in [2.45, 2.75) is 0 Å². The van der Waals surface area contributed by atoms with E-state index >= 15 is 0 Å². The van der Waals surface area contributed by atoms with Crippen molar-refractivity contribution in [3.8, 4) is 45.3 Å². The summed E-state index contributed by atoms with van der Waals surface area (Å²) in [6.07, 6.45) is 0. The van der Waals surface area contributed by atoms with Crippen LogP contribution in [0.2, 0.25) is 0 Å². The Hall–Kier alpha value is -5.61. The number of rotatable bonds is 4. The number of furan rings is 1. The summed E-state index contributed by atoms with van der Waals surface area (Å²) in [6.45, 7) is 0. The van der Waals surface area contributed by atoms with Crippen LogP contribution < -0.4 is 0 Å². The van der Waals surface area contributed by atoms with E-state index in [1.807, 2.05) is 78.9 Å². The summed E-state index contributed by atoms with van der Waals surface area (Å²) in [5, 5.41) is 4.52. The standard InChI is InChI=1S/C37H23N3O/c1-3-11-25(12-4-1)35-38-36(26-13-5-2-6-14-26)40-37(39-35)27-22-21-24-15-9-17-28(31(24)23-27)29-18-10-20-33-34(29)30-16-7-8-19-32(30)41-33/h1-23H. The van der Waals surface area contributed by atoms with E-state index in [2.05, 4.69) is 60.7 Å². The van der Waals surface area contributed by atoms with Crippen molar-refractivity contribution in [1.82, 2.24) is 15.0 Å². The molecule has 0 aliphatic carbocycles. The molecule has 2 heterocycles. The number of aromatic nitrogens is 3. The smallest absolute Gasteiger partial charge is 0.164 e. The first-order chi connectivity index (χ1) is 20.3. The fourth-order valence-corrected chi connectivity index (χ4v) is 5.58. The van der Waals surface area contributed by atoms with E-state index in [9.17, 15) is 0 Å². The van der Waals surface area contributed by atoms with Gasteiger partial charge in [0.15, 0.2) is 17.5 Å². The first-order valence-electron chi connectivity index (χ1n) is 13.6. The Morgan fingerprint density at radius 3 is 1.71 bits per heavy atom. The molecule has 0 unspecified atom stereocenters. The molecule has 0 saturated carbocycles. The summed E-state index contributed by atoms with van der Waals surface area (Å²) in [5.74, 6) is 1.94. The highest BCUT2D eigenvalue weighted by atomic mass is 16.3. The molecule has 0 aliphatic rings. The van der Waals surface area contributed by atoms with Crippen LogP contribution in [0.1, 0.15) is 0 Å². The number of nitrogens with zero attached hydrogens (tertiary/aromatic N) is 3. The number of hydrogen-bond acceptors (Lipinski definition) is 4. The van der Waals surface area contributed by atoms with Crippen molar-refractivity contribution in [1.29, 1.82) is 0 Å². The molecule has 0 amide bonds. The fraction of sp³-hybridized carbons (Fsp3) is 0. The normalized spacial score (nSPS) is 11.4. The van der Waals surface area contributed by atoms with Crippen LogP contribution in [0.3, 0.4) is 0 Å². The van der Waals surface area contributed by atoms with Crippen molar-refractivity contribution in [3.63, 3.8) is 0 Å². The molecule has 0 bridgehead atoms. The molecule has 0 atom stereocenters. The van der Waals surface area contributed by atoms with Gasteiger partial charge >= 0.3 is 0 Å². The zero-order valence-electron chi connectivity index (χ0n) is 22.0. The number of fused-ring (bicyclic) bond motifs is 4. The quantitative estimate of drug-likeness (QED) is 0.230. The summed E-state index contributed by atoms with van der Waals surface area (Å²) in [4.78, 5) is 14.8. The monoisotopic (exact) mass is 525 g/mol. The molecular weight excluding hydrogens is 502 g/mol. The molecule has 0 aliphatic heterocycles. The minimum Gasteiger partial charge on any atom is -0.456 e. The van der Waals surface area contributed by atoms with E-state index in [4.69, 9.17) is 19.4 Å². The van der Waals surface area contributed by atoms with Crippen molar-refractivity contribution >= 4 is 32.7 Å². The summed E-state index contributed by atoms with van der Waals surface area (Å²) in [6, 6.07) is 47.5. The molecule has 41 heavy (non-hydrogen) atoms. The Kier molecular flexibility index (Phi) is 5.42. The van der Waals surface area contributed by atoms with Crippen LogP contribution in [-0.2, 0) is 0 Å². The minimum absolute atomic E-state index is 0.640. The summed E-state index contributed by atoms with van der Waals surface area (Å²) in [5.41, 5.74) is 6.90. The highest BCUT2D eigenvalue weighted by Crippen LogP contribution is 2.40. The minimum atomic E-state index is 0.640. The Labute approximate surface area is 236 Å². The van der Waals surface area contributed by atoms with Gasteiger partial charge in [0.1, 0.15) is 11.2 Å². The second-order valence-electron chi connectivity index (χ2n) is 10.1.